The molecule has 0 bridgehead atoms. The van der Waals surface area contributed by atoms with E-state index >= 15 is 0 Å². The lowest BCUT2D eigenvalue weighted by Gasteiger charge is -2.07. The van der Waals surface area contributed by atoms with Crippen molar-refractivity contribution in [1.29, 1.82) is 0 Å². The second kappa shape index (κ2) is 6.52. The number of hydrogen-bond donors (Lipinski definition) is 1. The number of fused-ring (bicyclic) bond motifs is 1. The Morgan fingerprint density at radius 1 is 1.22 bits per heavy atom. The van der Waals surface area contributed by atoms with Gasteiger partial charge < -0.3 is 14.5 Å². The predicted molar refractivity (Wildman–Crippen MR) is 88.7 cm³/mol. The van der Waals surface area contributed by atoms with Crippen LogP contribution in [0.1, 0.15) is 25.7 Å². The lowest BCUT2D eigenvalue weighted by atomic mass is 10.2. The highest BCUT2D eigenvalue weighted by molar-refractivity contribution is 5.93. The van der Waals surface area contributed by atoms with E-state index < -0.39 is 0 Å². The van der Waals surface area contributed by atoms with Crippen LogP contribution in [0.15, 0.2) is 52.9 Å². The molecule has 0 aliphatic carbocycles. The van der Waals surface area contributed by atoms with E-state index in [1.807, 2.05) is 38.1 Å². The van der Waals surface area contributed by atoms with Crippen LogP contribution in [0.2, 0.25) is 0 Å². The molecular weight excluding hydrogens is 292 g/mol. The number of carbonyl (C=O) groups excluding carboxylic acids is 1. The molecule has 2 aromatic carbocycles. The molecule has 0 saturated carbocycles. The standard InChI is InChI=1S/C18H18N2O3/c1-12(2)18-20-15-9-8-13(10-16(15)23-18)19-17(21)11-22-14-6-4-3-5-7-14/h3-10,12H,11H2,1-2H3,(H,19,21). The molecule has 3 aromatic rings. The Morgan fingerprint density at radius 3 is 2.74 bits per heavy atom. The van der Waals surface area contributed by atoms with E-state index in [0.717, 1.165) is 5.52 Å². The molecule has 0 atom stereocenters. The van der Waals surface area contributed by atoms with Crippen LogP contribution in [0.3, 0.4) is 0 Å². The molecule has 0 saturated heterocycles. The van der Waals surface area contributed by atoms with Crippen LogP contribution in [-0.4, -0.2) is 17.5 Å². The second-order valence-corrected chi connectivity index (χ2v) is 5.54. The number of ether oxygens (including phenoxy) is 1. The fraction of sp³-hybridized carbons (Fsp3) is 0.222. The van der Waals surface area contributed by atoms with Crippen LogP contribution in [0.5, 0.6) is 5.75 Å². The molecule has 5 heteroatoms. The number of oxazole rings is 1. The summed E-state index contributed by atoms with van der Waals surface area (Å²) in [6.45, 7) is 4.00. The maximum absolute atomic E-state index is 12.0. The van der Waals surface area contributed by atoms with Crippen molar-refractivity contribution < 1.29 is 13.9 Å². The predicted octanol–water partition coefficient (Wildman–Crippen LogP) is 3.97. The molecule has 1 N–H and O–H groups in total. The van der Waals surface area contributed by atoms with Crippen molar-refractivity contribution in [3.8, 4) is 5.75 Å². The van der Waals surface area contributed by atoms with Crippen LogP contribution >= 0.6 is 0 Å². The Kier molecular flexibility index (Phi) is 4.28. The van der Waals surface area contributed by atoms with Crippen LogP contribution in [-0.2, 0) is 4.79 Å². The summed E-state index contributed by atoms with van der Waals surface area (Å²) in [5.41, 5.74) is 2.10. The van der Waals surface area contributed by atoms with Crippen LogP contribution in [0.25, 0.3) is 11.1 Å². The summed E-state index contributed by atoms with van der Waals surface area (Å²) in [7, 11) is 0. The van der Waals surface area contributed by atoms with E-state index in [1.54, 1.807) is 24.3 Å². The van der Waals surface area contributed by atoms with E-state index in [2.05, 4.69) is 10.3 Å². The fourth-order valence-electron chi connectivity index (χ4n) is 2.13. The number of nitrogens with zero attached hydrogens (tertiary/aromatic N) is 1. The normalized spacial score (nSPS) is 10.9. The highest BCUT2D eigenvalue weighted by Gasteiger charge is 2.11. The van der Waals surface area contributed by atoms with E-state index in [1.165, 1.54) is 0 Å². The Bertz CT molecular complexity index is 810. The summed E-state index contributed by atoms with van der Waals surface area (Å²) < 4.78 is 11.1. The summed E-state index contributed by atoms with van der Waals surface area (Å²) in [4.78, 5) is 16.4. The number of anilines is 1. The molecule has 1 aromatic heterocycles. The van der Waals surface area contributed by atoms with Crippen molar-refractivity contribution >= 4 is 22.7 Å². The van der Waals surface area contributed by atoms with Gasteiger partial charge in [0.15, 0.2) is 18.1 Å². The number of rotatable bonds is 5. The van der Waals surface area contributed by atoms with Crippen molar-refractivity contribution in [3.05, 3.63) is 54.4 Å². The molecule has 118 valence electrons. The van der Waals surface area contributed by atoms with Gasteiger partial charge in [0.2, 0.25) is 0 Å². The highest BCUT2D eigenvalue weighted by atomic mass is 16.5. The Morgan fingerprint density at radius 2 is 2.00 bits per heavy atom. The summed E-state index contributed by atoms with van der Waals surface area (Å²) in [5.74, 6) is 1.35. The molecule has 0 spiro atoms. The summed E-state index contributed by atoms with van der Waals surface area (Å²) in [6.07, 6.45) is 0. The van der Waals surface area contributed by atoms with Gasteiger partial charge in [0.1, 0.15) is 11.3 Å². The molecule has 1 amide bonds. The molecule has 0 aliphatic rings. The number of carbonyl (C=O) groups is 1. The summed E-state index contributed by atoms with van der Waals surface area (Å²) >= 11 is 0. The third-order valence-electron chi connectivity index (χ3n) is 3.30. The second-order valence-electron chi connectivity index (χ2n) is 5.54. The molecule has 0 fully saturated rings. The van der Waals surface area contributed by atoms with E-state index in [-0.39, 0.29) is 18.4 Å². The average molecular weight is 310 g/mol. The molecular formula is C18H18N2O3. The number of para-hydroxylation sites is 1. The molecule has 1 heterocycles. The van der Waals surface area contributed by atoms with Gasteiger partial charge >= 0.3 is 0 Å². The van der Waals surface area contributed by atoms with Gasteiger partial charge in [0, 0.05) is 17.7 Å². The molecule has 0 unspecified atom stereocenters. The van der Waals surface area contributed by atoms with Crippen molar-refractivity contribution in [2.24, 2.45) is 0 Å². The summed E-state index contributed by atoms with van der Waals surface area (Å²) in [5, 5.41) is 2.79. The van der Waals surface area contributed by atoms with Crippen molar-refractivity contribution in [3.63, 3.8) is 0 Å². The number of benzene rings is 2. The molecule has 5 nitrogen and oxygen atoms in total. The number of nitrogens with one attached hydrogen (secondary N) is 1. The zero-order valence-corrected chi connectivity index (χ0v) is 13.1. The number of aromatic nitrogens is 1. The average Bonchev–Trinajstić information content (AvgIpc) is 2.97. The SMILES string of the molecule is CC(C)c1nc2ccc(NC(=O)COc3ccccc3)cc2o1. The van der Waals surface area contributed by atoms with Crippen LogP contribution in [0.4, 0.5) is 5.69 Å². The van der Waals surface area contributed by atoms with Gasteiger partial charge in [-0.25, -0.2) is 4.98 Å². The van der Waals surface area contributed by atoms with Crippen LogP contribution < -0.4 is 10.1 Å². The Balaban J connectivity index is 1.65. The number of amides is 1. The first kappa shape index (κ1) is 15.1. The third-order valence-corrected chi connectivity index (χ3v) is 3.30. The van der Waals surface area contributed by atoms with Crippen LogP contribution in [0, 0.1) is 0 Å². The quantitative estimate of drug-likeness (QED) is 0.774. The molecule has 3 rings (SSSR count). The topological polar surface area (TPSA) is 64.4 Å². The van der Waals surface area contributed by atoms with E-state index in [0.29, 0.717) is 22.9 Å². The van der Waals surface area contributed by atoms with Crippen molar-refractivity contribution in [1.82, 2.24) is 4.98 Å². The zero-order chi connectivity index (χ0) is 16.2. The van der Waals surface area contributed by atoms with E-state index in [4.69, 9.17) is 9.15 Å². The van der Waals surface area contributed by atoms with E-state index in [9.17, 15) is 4.79 Å². The first-order valence-electron chi connectivity index (χ1n) is 7.50. The minimum atomic E-state index is -0.225. The number of hydrogen-bond acceptors (Lipinski definition) is 4. The van der Waals surface area contributed by atoms with Gasteiger partial charge in [-0.15, -0.1) is 0 Å². The van der Waals surface area contributed by atoms with Gasteiger partial charge in [-0.3, -0.25) is 4.79 Å². The lowest BCUT2D eigenvalue weighted by molar-refractivity contribution is -0.118. The van der Waals surface area contributed by atoms with Gasteiger partial charge in [-0.1, -0.05) is 32.0 Å². The monoisotopic (exact) mass is 310 g/mol. The first-order valence-corrected chi connectivity index (χ1v) is 7.50. The smallest absolute Gasteiger partial charge is 0.262 e. The maximum Gasteiger partial charge on any atom is 0.262 e. The lowest BCUT2D eigenvalue weighted by Crippen LogP contribution is -2.20. The Hall–Kier alpha value is -2.82. The van der Waals surface area contributed by atoms with Crippen molar-refractivity contribution in [2.75, 3.05) is 11.9 Å². The minimum absolute atomic E-state index is 0.0459. The van der Waals surface area contributed by atoms with Gasteiger partial charge in [0.25, 0.3) is 5.91 Å². The molecule has 0 aliphatic heterocycles. The maximum atomic E-state index is 12.0. The van der Waals surface area contributed by atoms with Gasteiger partial charge in [0.05, 0.1) is 0 Å². The summed E-state index contributed by atoms with van der Waals surface area (Å²) in [6, 6.07) is 14.6. The third kappa shape index (κ3) is 3.69. The van der Waals surface area contributed by atoms with Gasteiger partial charge in [-0.2, -0.15) is 0 Å². The minimum Gasteiger partial charge on any atom is -0.484 e. The molecule has 23 heavy (non-hydrogen) atoms. The highest BCUT2D eigenvalue weighted by Crippen LogP contribution is 2.23. The largest absolute Gasteiger partial charge is 0.484 e. The van der Waals surface area contributed by atoms with Crippen molar-refractivity contribution in [2.45, 2.75) is 19.8 Å². The van der Waals surface area contributed by atoms with Gasteiger partial charge in [-0.05, 0) is 24.3 Å². The Labute approximate surface area is 134 Å². The first-order chi connectivity index (χ1) is 11.1. The zero-order valence-electron chi connectivity index (χ0n) is 13.1. The fourth-order valence-corrected chi connectivity index (χ4v) is 2.13. The molecule has 0 radical (unpaired) electrons.